The number of nitro groups is 1. The van der Waals surface area contributed by atoms with Crippen molar-refractivity contribution in [2.75, 3.05) is 5.32 Å². The molecule has 0 aliphatic rings. The van der Waals surface area contributed by atoms with E-state index < -0.39 is 20.8 Å². The zero-order valence-electron chi connectivity index (χ0n) is 12.7. The lowest BCUT2D eigenvalue weighted by Crippen LogP contribution is -2.49. The number of anilines is 1. The Morgan fingerprint density at radius 2 is 1.65 bits per heavy atom. The van der Waals surface area contributed by atoms with Gasteiger partial charge in [0.2, 0.25) is 3.79 Å². The first-order chi connectivity index (χ1) is 12.1. The molecule has 0 aromatic heterocycles. The molecule has 26 heavy (non-hydrogen) atoms. The minimum atomic E-state index is -1.90. The van der Waals surface area contributed by atoms with Crippen LogP contribution in [0.3, 0.4) is 0 Å². The molecule has 0 saturated carbocycles. The normalized spacial score (nSPS) is 12.3. The fourth-order valence-corrected chi connectivity index (χ4v) is 2.53. The Morgan fingerprint density at radius 1 is 1.04 bits per heavy atom. The van der Waals surface area contributed by atoms with Crippen LogP contribution in [0.4, 0.5) is 11.4 Å². The number of hydrogen-bond acceptors (Lipinski definition) is 4. The maximum Gasteiger partial charge on any atom is 0.269 e. The van der Waals surface area contributed by atoms with Crippen molar-refractivity contribution in [3.8, 4) is 0 Å². The maximum atomic E-state index is 12.4. The van der Waals surface area contributed by atoms with E-state index in [9.17, 15) is 14.9 Å². The molecule has 0 unspecified atom stereocenters. The third kappa shape index (κ3) is 5.53. The van der Waals surface area contributed by atoms with E-state index in [1.165, 1.54) is 30.3 Å². The summed E-state index contributed by atoms with van der Waals surface area (Å²) in [5.74, 6) is -0.594. The summed E-state index contributed by atoms with van der Waals surface area (Å²) in [6, 6.07) is 9.63. The van der Waals surface area contributed by atoms with Gasteiger partial charge in [0.1, 0.15) is 6.17 Å². The number of carbonyl (C=O) groups is 1. The van der Waals surface area contributed by atoms with Crippen molar-refractivity contribution < 1.29 is 9.72 Å². The fraction of sp³-hybridized carbons (Fsp3) is 0.133. The van der Waals surface area contributed by atoms with Crippen LogP contribution in [0.5, 0.6) is 0 Å². The fourth-order valence-electron chi connectivity index (χ4n) is 1.90. The van der Waals surface area contributed by atoms with Crippen LogP contribution < -0.4 is 10.6 Å². The lowest BCUT2D eigenvalue weighted by atomic mass is 10.2. The van der Waals surface area contributed by atoms with E-state index in [-0.39, 0.29) is 16.3 Å². The van der Waals surface area contributed by atoms with Gasteiger partial charge in [0.05, 0.1) is 15.0 Å². The molecule has 0 fully saturated rings. The highest BCUT2D eigenvalue weighted by Crippen LogP contribution is 2.32. The maximum absolute atomic E-state index is 12.4. The first-order valence-corrected chi connectivity index (χ1v) is 8.80. The second kappa shape index (κ2) is 8.50. The minimum Gasteiger partial charge on any atom is -0.362 e. The standard InChI is InChI=1S/C15H10Cl5N3O3/c16-11-6-3-9(7-12(11)17)21-14(15(18,19)20)22-13(24)8-1-4-10(5-2-8)23(25)26/h1-7,14,21H,(H,22,24)/t14-/m1/s1. The monoisotopic (exact) mass is 455 g/mol. The van der Waals surface area contributed by atoms with E-state index in [2.05, 4.69) is 10.6 Å². The molecule has 2 rings (SSSR count). The molecule has 2 aromatic rings. The van der Waals surface area contributed by atoms with E-state index >= 15 is 0 Å². The second-order valence-electron chi connectivity index (χ2n) is 5.03. The van der Waals surface area contributed by atoms with Crippen LogP contribution in [0.25, 0.3) is 0 Å². The first-order valence-electron chi connectivity index (χ1n) is 6.91. The third-order valence-electron chi connectivity index (χ3n) is 3.17. The Kier molecular flexibility index (Phi) is 6.82. The van der Waals surface area contributed by atoms with Crippen LogP contribution in [0.1, 0.15) is 10.4 Å². The minimum absolute atomic E-state index is 0.145. The molecular weight excluding hydrogens is 447 g/mol. The summed E-state index contributed by atoms with van der Waals surface area (Å²) >= 11 is 29.6. The van der Waals surface area contributed by atoms with E-state index in [1.54, 1.807) is 12.1 Å². The Bertz CT molecular complexity index is 824. The lowest BCUT2D eigenvalue weighted by molar-refractivity contribution is -0.384. The van der Waals surface area contributed by atoms with E-state index in [0.29, 0.717) is 10.7 Å². The van der Waals surface area contributed by atoms with Gasteiger partial charge in [0, 0.05) is 23.4 Å². The SMILES string of the molecule is O=C(N[C@@H](Nc1ccc(Cl)c(Cl)c1)C(Cl)(Cl)Cl)c1ccc([N+](=O)[O-])cc1. The van der Waals surface area contributed by atoms with Gasteiger partial charge in [-0.15, -0.1) is 0 Å². The van der Waals surface area contributed by atoms with Gasteiger partial charge in [-0.05, 0) is 30.3 Å². The van der Waals surface area contributed by atoms with Crippen molar-refractivity contribution in [3.05, 3.63) is 68.2 Å². The number of nitrogens with one attached hydrogen (secondary N) is 2. The number of hydrogen-bond donors (Lipinski definition) is 2. The number of alkyl halides is 3. The molecule has 0 heterocycles. The summed E-state index contributed by atoms with van der Waals surface area (Å²) in [7, 11) is 0. The predicted octanol–water partition coefficient (Wildman–Crippen LogP) is 5.44. The van der Waals surface area contributed by atoms with Crippen molar-refractivity contribution in [3.63, 3.8) is 0 Å². The summed E-state index contributed by atoms with van der Waals surface area (Å²) in [5, 5.41) is 16.6. The average molecular weight is 458 g/mol. The van der Waals surface area contributed by atoms with Crippen molar-refractivity contribution in [1.29, 1.82) is 0 Å². The van der Waals surface area contributed by atoms with Crippen molar-refractivity contribution in [2.24, 2.45) is 0 Å². The molecular formula is C15H10Cl5N3O3. The number of nitro benzene ring substituents is 1. The van der Waals surface area contributed by atoms with Crippen LogP contribution in [0, 0.1) is 10.1 Å². The van der Waals surface area contributed by atoms with Gasteiger partial charge in [-0.1, -0.05) is 58.0 Å². The summed E-state index contributed by atoms with van der Waals surface area (Å²) in [6.45, 7) is 0. The molecule has 138 valence electrons. The molecule has 0 bridgehead atoms. The summed E-state index contributed by atoms with van der Waals surface area (Å²) < 4.78 is -1.90. The summed E-state index contributed by atoms with van der Waals surface area (Å²) in [5.41, 5.74) is 0.471. The number of nitrogens with zero attached hydrogens (tertiary/aromatic N) is 1. The number of rotatable bonds is 5. The van der Waals surface area contributed by atoms with Gasteiger partial charge in [-0.2, -0.15) is 0 Å². The zero-order chi connectivity index (χ0) is 19.5. The molecule has 6 nitrogen and oxygen atoms in total. The summed E-state index contributed by atoms with van der Waals surface area (Å²) in [6.07, 6.45) is -1.12. The van der Waals surface area contributed by atoms with Crippen LogP contribution in [0.2, 0.25) is 10.0 Å². The number of benzene rings is 2. The van der Waals surface area contributed by atoms with Crippen LogP contribution in [0.15, 0.2) is 42.5 Å². The third-order valence-corrected chi connectivity index (χ3v) is 4.57. The number of carbonyl (C=O) groups excluding carboxylic acids is 1. The van der Waals surface area contributed by atoms with Crippen LogP contribution in [-0.4, -0.2) is 20.8 Å². The van der Waals surface area contributed by atoms with Gasteiger partial charge < -0.3 is 10.6 Å². The number of amides is 1. The second-order valence-corrected chi connectivity index (χ2v) is 8.21. The highest BCUT2D eigenvalue weighted by atomic mass is 35.6. The molecule has 0 radical (unpaired) electrons. The molecule has 0 aliphatic heterocycles. The van der Waals surface area contributed by atoms with Crippen molar-refractivity contribution in [2.45, 2.75) is 9.96 Å². The van der Waals surface area contributed by atoms with E-state index in [1.807, 2.05) is 0 Å². The smallest absolute Gasteiger partial charge is 0.269 e. The topological polar surface area (TPSA) is 84.3 Å². The van der Waals surface area contributed by atoms with Gasteiger partial charge >= 0.3 is 0 Å². The lowest BCUT2D eigenvalue weighted by Gasteiger charge is -2.27. The average Bonchev–Trinajstić information content (AvgIpc) is 2.56. The molecule has 0 saturated heterocycles. The molecule has 0 aliphatic carbocycles. The highest BCUT2D eigenvalue weighted by molar-refractivity contribution is 6.68. The first kappa shape index (κ1) is 20.9. The Morgan fingerprint density at radius 3 is 2.15 bits per heavy atom. The van der Waals surface area contributed by atoms with Gasteiger partial charge in [0.15, 0.2) is 0 Å². The zero-order valence-corrected chi connectivity index (χ0v) is 16.5. The molecule has 0 spiro atoms. The van der Waals surface area contributed by atoms with Crippen LogP contribution >= 0.6 is 58.0 Å². The number of halogens is 5. The Labute approximate surface area is 173 Å². The van der Waals surface area contributed by atoms with Crippen molar-refractivity contribution >= 4 is 75.3 Å². The molecule has 1 atom stereocenters. The molecule has 2 aromatic carbocycles. The Hall–Kier alpha value is -1.44. The summed E-state index contributed by atoms with van der Waals surface area (Å²) in [4.78, 5) is 22.4. The van der Waals surface area contributed by atoms with Crippen molar-refractivity contribution in [1.82, 2.24) is 5.32 Å². The van der Waals surface area contributed by atoms with E-state index in [4.69, 9.17) is 58.0 Å². The molecule has 11 heteroatoms. The predicted molar refractivity (Wildman–Crippen MR) is 105 cm³/mol. The van der Waals surface area contributed by atoms with Gasteiger partial charge in [-0.25, -0.2) is 0 Å². The van der Waals surface area contributed by atoms with Crippen LogP contribution in [-0.2, 0) is 0 Å². The number of non-ortho nitro benzene ring substituents is 1. The quantitative estimate of drug-likeness (QED) is 0.271. The highest BCUT2D eigenvalue weighted by Gasteiger charge is 2.34. The van der Waals surface area contributed by atoms with Gasteiger partial charge in [-0.3, -0.25) is 14.9 Å². The largest absolute Gasteiger partial charge is 0.362 e. The molecule has 2 N–H and O–H groups in total. The molecule has 1 amide bonds. The Balaban J connectivity index is 2.18. The van der Waals surface area contributed by atoms with E-state index in [0.717, 1.165) is 0 Å². The van der Waals surface area contributed by atoms with Gasteiger partial charge in [0.25, 0.3) is 11.6 Å².